The first-order valence-electron chi connectivity index (χ1n) is 24.5. The largest absolute Gasteiger partial charge is 0.459 e. The lowest BCUT2D eigenvalue weighted by molar-refractivity contribution is -0.255. The zero-order valence-corrected chi connectivity index (χ0v) is 39.3. The van der Waals surface area contributed by atoms with Gasteiger partial charge in [-0.25, -0.2) is 0 Å². The molecule has 1 aliphatic heterocycles. The van der Waals surface area contributed by atoms with Crippen LogP contribution in [-0.2, 0) is 21.0 Å². The summed E-state index contributed by atoms with van der Waals surface area (Å²) >= 11 is 0. The Bertz CT molecular complexity index is 2000. The van der Waals surface area contributed by atoms with E-state index in [0.29, 0.717) is 43.8 Å². The Kier molecular flexibility index (Phi) is 18.9. The van der Waals surface area contributed by atoms with Gasteiger partial charge in [-0.1, -0.05) is 125 Å². The quantitative estimate of drug-likeness (QED) is 0.0446. The molecule has 1 saturated carbocycles. The van der Waals surface area contributed by atoms with Gasteiger partial charge in [0.05, 0.1) is 18.2 Å². The predicted molar refractivity (Wildman–Crippen MR) is 257 cm³/mol. The maximum Gasteiger partial charge on any atom is 0.239 e. The van der Waals surface area contributed by atoms with Gasteiger partial charge in [0.15, 0.2) is 0 Å². The Morgan fingerprint density at radius 1 is 0.859 bits per heavy atom. The summed E-state index contributed by atoms with van der Waals surface area (Å²) in [5.74, 6) is 0.743. The number of fused-ring (bicyclic) bond motifs is 2. The van der Waals surface area contributed by atoms with Crippen LogP contribution in [0.15, 0.2) is 96.2 Å². The number of carbonyl (C=O) groups excluding carboxylic acids is 1. The molecule has 1 heterocycles. The molecular weight excluding hydrogens is 801 g/mol. The van der Waals surface area contributed by atoms with Gasteiger partial charge in [0.2, 0.25) is 11.7 Å². The molecule has 6 rings (SSSR count). The second kappa shape index (κ2) is 24.7. The Hall–Kier alpha value is -4.44. The van der Waals surface area contributed by atoms with Crippen LogP contribution in [0.5, 0.6) is 17.2 Å². The molecule has 0 bridgehead atoms. The summed E-state index contributed by atoms with van der Waals surface area (Å²) in [6.45, 7) is 11.3. The number of carbonyl (C=O) groups is 1. The third kappa shape index (κ3) is 12.3. The van der Waals surface area contributed by atoms with Crippen LogP contribution in [0.3, 0.4) is 0 Å². The van der Waals surface area contributed by atoms with Crippen LogP contribution >= 0.6 is 0 Å². The number of nitrogens with zero attached hydrogens (tertiary/aromatic N) is 2. The van der Waals surface area contributed by atoms with E-state index in [0.717, 1.165) is 78.7 Å². The van der Waals surface area contributed by atoms with Crippen molar-refractivity contribution in [1.29, 1.82) is 0 Å². The first-order chi connectivity index (χ1) is 31.2. The Morgan fingerprint density at radius 2 is 1.55 bits per heavy atom. The molecule has 2 N–H and O–H groups in total. The number of amides is 1. The van der Waals surface area contributed by atoms with Gasteiger partial charge in [0, 0.05) is 44.6 Å². The topological polar surface area (TPSA) is 110 Å². The first-order valence-corrected chi connectivity index (χ1v) is 24.5. The van der Waals surface area contributed by atoms with Crippen LogP contribution in [0.1, 0.15) is 144 Å². The maximum absolute atomic E-state index is 14.5. The lowest BCUT2D eigenvalue weighted by atomic mass is 9.55. The molecule has 3 aromatic carbocycles. The summed E-state index contributed by atoms with van der Waals surface area (Å²) in [5.41, 5.74) is 6.23. The molecule has 1 amide bonds. The number of hydrogen-bond acceptors (Lipinski definition) is 8. The number of unbranched alkanes of at least 4 members (excludes halogenated alkanes) is 10. The monoisotopic (exact) mass is 877 g/mol. The molecule has 0 radical (unpaired) electrons. The first kappa shape index (κ1) is 49.0. The average molecular weight is 877 g/mol. The molecule has 2 aliphatic carbocycles. The summed E-state index contributed by atoms with van der Waals surface area (Å²) < 4.78 is 21.1. The van der Waals surface area contributed by atoms with Crippen LogP contribution in [0, 0.1) is 31.6 Å². The van der Waals surface area contributed by atoms with Crippen LogP contribution < -0.4 is 9.47 Å². The third-order valence-corrected chi connectivity index (χ3v) is 14.0. The number of benzene rings is 3. The second-order valence-electron chi connectivity index (χ2n) is 18.5. The van der Waals surface area contributed by atoms with Crippen LogP contribution in [0.4, 0.5) is 0 Å². The van der Waals surface area contributed by atoms with Crippen molar-refractivity contribution in [3.63, 3.8) is 0 Å². The number of hydrogen-bond donors (Lipinski definition) is 2. The highest BCUT2D eigenvalue weighted by molar-refractivity contribution is 6.03. The fourth-order valence-corrected chi connectivity index (χ4v) is 10.4. The average Bonchev–Trinajstić information content (AvgIpc) is 3.30. The molecule has 0 saturated heterocycles. The van der Waals surface area contributed by atoms with Crippen molar-refractivity contribution in [3.8, 4) is 17.2 Å². The second-order valence-corrected chi connectivity index (χ2v) is 18.5. The molecule has 3 aromatic rings. The molecular formula is C55H76N2O7. The number of allylic oxidation sites excluding steroid dienone is 1. The Labute approximate surface area is 383 Å². The number of aryl methyl sites for hydroxylation is 2. The lowest BCUT2D eigenvalue weighted by Crippen LogP contribution is -2.69. The van der Waals surface area contributed by atoms with E-state index in [2.05, 4.69) is 51.6 Å². The van der Waals surface area contributed by atoms with Gasteiger partial charge in [0.1, 0.15) is 29.9 Å². The van der Waals surface area contributed by atoms with Crippen molar-refractivity contribution in [1.82, 2.24) is 4.90 Å². The highest BCUT2D eigenvalue weighted by Crippen LogP contribution is 2.62. The highest BCUT2D eigenvalue weighted by atomic mass is 16.7. The van der Waals surface area contributed by atoms with Crippen LogP contribution in [-0.4, -0.2) is 65.4 Å². The summed E-state index contributed by atoms with van der Waals surface area (Å²) in [5, 5.41) is 24.9. The van der Waals surface area contributed by atoms with E-state index in [1.807, 2.05) is 60.5 Å². The van der Waals surface area contributed by atoms with Crippen molar-refractivity contribution in [2.24, 2.45) is 22.9 Å². The summed E-state index contributed by atoms with van der Waals surface area (Å²) in [4.78, 5) is 22.6. The van der Waals surface area contributed by atoms with Gasteiger partial charge in [-0.3, -0.25) is 4.79 Å². The molecule has 0 spiro atoms. The number of likely N-dealkylation sites (N-methyl/N-ethyl adjacent to an activating group) is 1. The molecule has 6 atom stereocenters. The fourth-order valence-electron chi connectivity index (χ4n) is 10.4. The Morgan fingerprint density at radius 3 is 2.25 bits per heavy atom. The molecule has 1 fully saturated rings. The third-order valence-electron chi connectivity index (χ3n) is 14.0. The van der Waals surface area contributed by atoms with Crippen molar-refractivity contribution < 1.29 is 34.1 Å². The van der Waals surface area contributed by atoms with Crippen molar-refractivity contribution >= 4 is 11.6 Å². The van der Waals surface area contributed by atoms with Gasteiger partial charge >= 0.3 is 0 Å². The minimum absolute atomic E-state index is 0.0618. The maximum atomic E-state index is 14.5. The van der Waals surface area contributed by atoms with E-state index in [-0.39, 0.29) is 49.4 Å². The molecule has 64 heavy (non-hydrogen) atoms. The minimum atomic E-state index is -1.28. The molecule has 3 aliphatic rings. The number of aliphatic hydroxyl groups excluding tert-OH is 2. The minimum Gasteiger partial charge on any atom is -0.459 e. The summed E-state index contributed by atoms with van der Waals surface area (Å²) in [6, 6.07) is 21.8. The lowest BCUT2D eigenvalue weighted by Gasteiger charge is -2.59. The van der Waals surface area contributed by atoms with Crippen LogP contribution in [0.25, 0.3) is 0 Å². The van der Waals surface area contributed by atoms with E-state index in [9.17, 15) is 15.0 Å². The van der Waals surface area contributed by atoms with Crippen molar-refractivity contribution in [3.05, 3.63) is 113 Å². The predicted octanol–water partition coefficient (Wildman–Crippen LogP) is 12.3. The van der Waals surface area contributed by atoms with Gasteiger partial charge in [-0.15, -0.1) is 6.58 Å². The molecule has 348 valence electrons. The number of aliphatic hydroxyl groups is 2. The number of ether oxygens (including phenoxy) is 3. The molecule has 6 unspecified atom stereocenters. The van der Waals surface area contributed by atoms with Crippen molar-refractivity contribution in [2.45, 2.75) is 154 Å². The zero-order chi connectivity index (χ0) is 45.3. The van der Waals surface area contributed by atoms with Gasteiger partial charge in [0.25, 0.3) is 0 Å². The molecule has 9 heteroatoms. The molecule has 0 aromatic heterocycles. The fraction of sp³-hybridized carbons (Fsp3) is 0.564. The number of rotatable bonds is 27. The smallest absolute Gasteiger partial charge is 0.239 e. The number of oxime groups is 1. The standard InChI is InChI=1S/C55H76N2O7/c1-6-8-9-10-11-12-13-14-18-27-52(60)57(5)51-38-49(56-62-39-42-23-16-15-17-24-42)47-36-43(25-19-21-32-58)46(26-20-22-33-59)53-48-37-45(63-44-29-28-40(3)41(4)35-44)30-31-50(48)64-55(51,54(47)53)61-34-7-2/h7,15-17,23-24,28-31,35-37,43,46,51,53-54,58-59H,2,6,8-14,18-22,25-27,32-34,38-39H2,1,3-5H3. The van der Waals surface area contributed by atoms with Crippen molar-refractivity contribution in [2.75, 3.05) is 26.9 Å². The molecule has 9 nitrogen and oxygen atoms in total. The van der Waals surface area contributed by atoms with E-state index in [1.165, 1.54) is 44.1 Å². The van der Waals surface area contributed by atoms with Crippen LogP contribution in [0.2, 0.25) is 0 Å². The highest BCUT2D eigenvalue weighted by Gasteiger charge is 2.65. The Balaban J connectivity index is 1.44. The van der Waals surface area contributed by atoms with E-state index >= 15 is 0 Å². The van der Waals surface area contributed by atoms with E-state index < -0.39 is 11.8 Å². The summed E-state index contributed by atoms with van der Waals surface area (Å²) in [7, 11) is 1.91. The van der Waals surface area contributed by atoms with Gasteiger partial charge in [-0.05, 0) is 110 Å². The van der Waals surface area contributed by atoms with Gasteiger partial charge in [-0.2, -0.15) is 0 Å². The normalized spacial score (nSPS) is 22.8. The summed E-state index contributed by atoms with van der Waals surface area (Å²) in [6.07, 6.45) is 20.5. The SMILES string of the molecule is C=CCOC12Oc3ccc(Oc4ccc(C)c(C)c4)cc3C3C(CCCCO)C(CCCCO)C=C(C(=NOCc4ccccc4)CC1N(C)C(=O)CCCCCCCCCCC)C32. The van der Waals surface area contributed by atoms with E-state index in [4.69, 9.17) is 24.2 Å². The zero-order valence-electron chi connectivity index (χ0n) is 39.3. The van der Waals surface area contributed by atoms with E-state index in [1.54, 1.807) is 6.08 Å². The van der Waals surface area contributed by atoms with Gasteiger partial charge < -0.3 is 34.2 Å².